The summed E-state index contributed by atoms with van der Waals surface area (Å²) < 4.78 is 16.8. The average Bonchev–Trinajstić information content (AvgIpc) is 3.47. The number of benzene rings is 3. The summed E-state index contributed by atoms with van der Waals surface area (Å²) >= 11 is 0. The molecule has 0 saturated carbocycles. The summed E-state index contributed by atoms with van der Waals surface area (Å²) in [6, 6.07) is 25.4. The molecule has 196 valence electrons. The van der Waals surface area contributed by atoms with Gasteiger partial charge in [-0.15, -0.1) is 0 Å². The summed E-state index contributed by atoms with van der Waals surface area (Å²) in [5.74, 6) is 1.51. The number of ether oxygens (including phenoxy) is 2. The largest absolute Gasteiger partial charge is 0.493 e. The zero-order valence-corrected chi connectivity index (χ0v) is 21.7. The van der Waals surface area contributed by atoms with Gasteiger partial charge in [0.25, 0.3) is 5.91 Å². The molecule has 2 aliphatic rings. The van der Waals surface area contributed by atoms with Gasteiger partial charge in [-0.25, -0.2) is 0 Å². The molecular formula is C32H28N2O5. The predicted octanol–water partition coefficient (Wildman–Crippen LogP) is 6.51. The number of methoxy groups -OCH3 is 2. The van der Waals surface area contributed by atoms with E-state index in [1.165, 1.54) is 0 Å². The highest BCUT2D eigenvalue weighted by Crippen LogP contribution is 2.48. The number of fused-ring (bicyclic) bond motifs is 1. The molecule has 0 radical (unpaired) electrons. The van der Waals surface area contributed by atoms with Gasteiger partial charge in [-0.1, -0.05) is 36.4 Å². The van der Waals surface area contributed by atoms with Crippen LogP contribution in [-0.2, 0) is 4.79 Å². The molecule has 4 aromatic rings. The summed E-state index contributed by atoms with van der Waals surface area (Å²) in [6.07, 6.45) is 2.48. The van der Waals surface area contributed by atoms with Gasteiger partial charge < -0.3 is 19.2 Å². The first-order valence-electron chi connectivity index (χ1n) is 12.8. The number of ketones is 1. The number of nitrogens with one attached hydrogen (secondary N) is 1. The van der Waals surface area contributed by atoms with E-state index in [2.05, 4.69) is 5.32 Å². The Morgan fingerprint density at radius 2 is 1.67 bits per heavy atom. The van der Waals surface area contributed by atoms with Crippen LogP contribution in [0.4, 0.5) is 11.4 Å². The molecule has 0 spiro atoms. The van der Waals surface area contributed by atoms with Crippen molar-refractivity contribution in [2.24, 2.45) is 0 Å². The Morgan fingerprint density at radius 1 is 0.897 bits per heavy atom. The second-order valence-corrected chi connectivity index (χ2v) is 9.64. The van der Waals surface area contributed by atoms with Gasteiger partial charge in [-0.05, 0) is 60.5 Å². The highest BCUT2D eigenvalue weighted by molar-refractivity contribution is 6.12. The van der Waals surface area contributed by atoms with Gasteiger partial charge in [0.2, 0.25) is 0 Å². The topological polar surface area (TPSA) is 81.0 Å². The van der Waals surface area contributed by atoms with E-state index < -0.39 is 6.04 Å². The number of hydrogen-bond acceptors (Lipinski definition) is 6. The molecular weight excluding hydrogens is 492 g/mol. The monoisotopic (exact) mass is 520 g/mol. The number of nitrogens with zero attached hydrogens (tertiary/aromatic N) is 1. The van der Waals surface area contributed by atoms with E-state index >= 15 is 0 Å². The van der Waals surface area contributed by atoms with Crippen molar-refractivity contribution in [1.82, 2.24) is 0 Å². The fourth-order valence-corrected chi connectivity index (χ4v) is 5.60. The van der Waals surface area contributed by atoms with Crippen LogP contribution in [0.25, 0.3) is 0 Å². The quantitative estimate of drug-likeness (QED) is 0.323. The van der Waals surface area contributed by atoms with Crippen molar-refractivity contribution in [3.63, 3.8) is 0 Å². The number of para-hydroxylation sites is 2. The van der Waals surface area contributed by atoms with Gasteiger partial charge in [0.05, 0.1) is 37.9 Å². The van der Waals surface area contributed by atoms with E-state index in [-0.39, 0.29) is 24.0 Å². The van der Waals surface area contributed by atoms with Gasteiger partial charge in [0, 0.05) is 29.2 Å². The summed E-state index contributed by atoms with van der Waals surface area (Å²) in [5.41, 5.74) is 4.05. The molecule has 0 saturated heterocycles. The minimum Gasteiger partial charge on any atom is -0.493 e. The van der Waals surface area contributed by atoms with Gasteiger partial charge >= 0.3 is 0 Å². The van der Waals surface area contributed by atoms with Crippen LogP contribution in [0, 0.1) is 0 Å². The molecule has 3 aromatic carbocycles. The molecule has 7 nitrogen and oxygen atoms in total. The van der Waals surface area contributed by atoms with Crippen molar-refractivity contribution < 1.29 is 23.5 Å². The Labute approximate surface area is 226 Å². The molecule has 7 heteroatoms. The van der Waals surface area contributed by atoms with Crippen molar-refractivity contribution in [2.45, 2.75) is 24.8 Å². The lowest BCUT2D eigenvalue weighted by Crippen LogP contribution is -2.38. The Kier molecular flexibility index (Phi) is 6.40. The first-order valence-corrected chi connectivity index (χ1v) is 12.8. The number of rotatable bonds is 5. The van der Waals surface area contributed by atoms with E-state index in [0.29, 0.717) is 34.7 Å². The number of Topliss-reactive ketones (excluding diaryl/α,β-unsaturated/α-hetero) is 1. The molecule has 2 heterocycles. The third-order valence-electron chi connectivity index (χ3n) is 7.40. The van der Waals surface area contributed by atoms with Crippen LogP contribution >= 0.6 is 0 Å². The number of carbonyl (C=O) groups excluding carboxylic acids is 2. The van der Waals surface area contributed by atoms with Crippen molar-refractivity contribution in [3.05, 3.63) is 119 Å². The third kappa shape index (κ3) is 4.36. The molecule has 2 atom stereocenters. The van der Waals surface area contributed by atoms with E-state index in [9.17, 15) is 9.59 Å². The molecule has 0 unspecified atom stereocenters. The van der Waals surface area contributed by atoms with Crippen LogP contribution in [-0.4, -0.2) is 25.9 Å². The maximum absolute atomic E-state index is 14.3. The second kappa shape index (κ2) is 10.2. The van der Waals surface area contributed by atoms with Crippen molar-refractivity contribution >= 4 is 23.1 Å². The number of carbonyl (C=O) groups is 2. The Balaban J connectivity index is 1.59. The van der Waals surface area contributed by atoms with Crippen LogP contribution in [0.3, 0.4) is 0 Å². The number of anilines is 2. The lowest BCUT2D eigenvalue weighted by Gasteiger charge is -2.35. The SMILES string of the molecule is COc1ccc([C@H]2C3=C(C[C@H](c4ccco4)CC3=O)Nc3ccccc3N2C(=O)c2ccccc2)cc1OC. The lowest BCUT2D eigenvalue weighted by molar-refractivity contribution is -0.116. The van der Waals surface area contributed by atoms with E-state index in [1.54, 1.807) is 37.5 Å². The molecule has 1 amide bonds. The molecule has 1 aromatic heterocycles. The highest BCUT2D eigenvalue weighted by atomic mass is 16.5. The maximum atomic E-state index is 14.3. The predicted molar refractivity (Wildman–Crippen MR) is 148 cm³/mol. The van der Waals surface area contributed by atoms with E-state index in [4.69, 9.17) is 13.9 Å². The molecule has 1 aliphatic heterocycles. The standard InChI is InChI=1S/C32H28N2O5/c1-37-28-15-14-21(19-29(28)38-2)31-30-24(17-22(18-26(30)35)27-13-8-16-39-27)33-23-11-6-7-12-25(23)34(31)32(36)20-9-4-3-5-10-20/h3-16,19,22,31,33H,17-18H2,1-2H3/t22-,31-/m0/s1. The molecule has 0 bridgehead atoms. The molecule has 39 heavy (non-hydrogen) atoms. The van der Waals surface area contributed by atoms with Crippen LogP contribution in [0.2, 0.25) is 0 Å². The Bertz CT molecular complexity index is 1560. The zero-order valence-electron chi connectivity index (χ0n) is 21.7. The van der Waals surface area contributed by atoms with Crippen LogP contribution in [0.5, 0.6) is 11.5 Å². The molecule has 1 N–H and O–H groups in total. The number of furan rings is 1. The average molecular weight is 521 g/mol. The normalized spacial score (nSPS) is 18.5. The fourth-order valence-electron chi connectivity index (χ4n) is 5.60. The van der Waals surface area contributed by atoms with Crippen LogP contribution < -0.4 is 19.7 Å². The van der Waals surface area contributed by atoms with Crippen molar-refractivity contribution in [1.29, 1.82) is 0 Å². The summed E-state index contributed by atoms with van der Waals surface area (Å²) in [7, 11) is 3.15. The summed E-state index contributed by atoms with van der Waals surface area (Å²) in [6.45, 7) is 0. The van der Waals surface area contributed by atoms with Crippen molar-refractivity contribution in [2.75, 3.05) is 24.4 Å². The summed E-state index contributed by atoms with van der Waals surface area (Å²) in [5, 5.41) is 3.54. The van der Waals surface area contributed by atoms with Crippen molar-refractivity contribution in [3.8, 4) is 11.5 Å². The number of amides is 1. The number of hydrogen-bond donors (Lipinski definition) is 1. The Hall–Kier alpha value is -4.78. The lowest BCUT2D eigenvalue weighted by atomic mass is 9.80. The fraction of sp³-hybridized carbons (Fsp3) is 0.188. The smallest absolute Gasteiger partial charge is 0.259 e. The van der Waals surface area contributed by atoms with Gasteiger partial charge in [-0.3, -0.25) is 14.5 Å². The van der Waals surface area contributed by atoms with Gasteiger partial charge in [0.15, 0.2) is 17.3 Å². The summed E-state index contributed by atoms with van der Waals surface area (Å²) in [4.78, 5) is 30.1. The second-order valence-electron chi connectivity index (χ2n) is 9.64. The number of allylic oxidation sites excluding steroid dienone is 1. The highest BCUT2D eigenvalue weighted by Gasteiger charge is 2.42. The molecule has 0 fully saturated rings. The van der Waals surface area contributed by atoms with Crippen LogP contribution in [0.15, 0.2) is 107 Å². The zero-order chi connectivity index (χ0) is 26.9. The first-order chi connectivity index (χ1) is 19.1. The first kappa shape index (κ1) is 24.6. The maximum Gasteiger partial charge on any atom is 0.259 e. The van der Waals surface area contributed by atoms with Crippen LogP contribution in [0.1, 0.15) is 46.5 Å². The van der Waals surface area contributed by atoms with E-state index in [0.717, 1.165) is 22.7 Å². The Morgan fingerprint density at radius 3 is 2.41 bits per heavy atom. The van der Waals surface area contributed by atoms with E-state index in [1.807, 2.05) is 72.8 Å². The van der Waals surface area contributed by atoms with Gasteiger partial charge in [0.1, 0.15) is 5.76 Å². The minimum absolute atomic E-state index is 0.0383. The third-order valence-corrected chi connectivity index (χ3v) is 7.40. The molecule has 6 rings (SSSR count). The van der Waals surface area contributed by atoms with Gasteiger partial charge in [-0.2, -0.15) is 0 Å². The minimum atomic E-state index is -0.700. The molecule has 1 aliphatic carbocycles.